The summed E-state index contributed by atoms with van der Waals surface area (Å²) in [5.74, 6) is 0.0152. The highest BCUT2D eigenvalue weighted by atomic mass is 35.5. The summed E-state index contributed by atoms with van der Waals surface area (Å²) < 4.78 is 28.8. The van der Waals surface area contributed by atoms with E-state index in [0.29, 0.717) is 48.8 Å². The lowest BCUT2D eigenvalue weighted by atomic mass is 9.87. The van der Waals surface area contributed by atoms with Crippen LogP contribution in [0.3, 0.4) is 0 Å². The van der Waals surface area contributed by atoms with Crippen molar-refractivity contribution >= 4 is 39.2 Å². The van der Waals surface area contributed by atoms with Crippen LogP contribution < -0.4 is 5.32 Å². The number of hydrogen-bond acceptors (Lipinski definition) is 7. The lowest BCUT2D eigenvalue weighted by Crippen LogP contribution is -2.34. The molecule has 198 valence electrons. The van der Waals surface area contributed by atoms with E-state index in [2.05, 4.69) is 10.4 Å². The second-order valence-corrected chi connectivity index (χ2v) is 12.2. The van der Waals surface area contributed by atoms with E-state index in [9.17, 15) is 18.0 Å². The van der Waals surface area contributed by atoms with Crippen LogP contribution in [0.5, 0.6) is 0 Å². The number of ether oxygens (including phenoxy) is 1. The van der Waals surface area contributed by atoms with Gasteiger partial charge in [0.2, 0.25) is 5.91 Å². The Labute approximate surface area is 222 Å². The number of sulfone groups is 1. The average Bonchev–Trinajstić information content (AvgIpc) is 3.53. The Morgan fingerprint density at radius 1 is 1.19 bits per heavy atom. The Bertz CT molecular complexity index is 1300. The Hall–Kier alpha value is -2.91. The first kappa shape index (κ1) is 27.1. The van der Waals surface area contributed by atoms with Crippen molar-refractivity contribution in [3.63, 3.8) is 0 Å². The molecule has 0 bridgehead atoms. The number of nitrogens with zero attached hydrogens (tertiary/aromatic N) is 2. The summed E-state index contributed by atoms with van der Waals surface area (Å²) in [5.41, 5.74) is 2.10. The van der Waals surface area contributed by atoms with Crippen molar-refractivity contribution in [2.45, 2.75) is 55.9 Å². The van der Waals surface area contributed by atoms with E-state index in [0.717, 1.165) is 37.5 Å². The van der Waals surface area contributed by atoms with Gasteiger partial charge in [0, 0.05) is 19.2 Å². The molecule has 0 aromatic heterocycles. The summed E-state index contributed by atoms with van der Waals surface area (Å²) in [6.07, 6.45) is 6.87. The fraction of sp³-hybridized carbons (Fsp3) is 0.444. The highest BCUT2D eigenvalue weighted by Crippen LogP contribution is 2.36. The molecule has 10 heteroatoms. The molecule has 1 amide bonds. The maximum atomic E-state index is 13.5. The first-order chi connectivity index (χ1) is 17.6. The van der Waals surface area contributed by atoms with E-state index in [-0.39, 0.29) is 15.8 Å². The molecule has 0 saturated heterocycles. The molecule has 1 N–H and O–H groups in total. The van der Waals surface area contributed by atoms with Gasteiger partial charge in [-0.2, -0.15) is 5.10 Å². The third-order valence-electron chi connectivity index (χ3n) is 6.97. The number of hydrogen-bond donors (Lipinski definition) is 1. The molecule has 1 heterocycles. The van der Waals surface area contributed by atoms with Crippen LogP contribution in [0.2, 0.25) is 5.02 Å². The highest BCUT2D eigenvalue weighted by Gasteiger charge is 2.29. The van der Waals surface area contributed by atoms with Crippen LogP contribution in [-0.4, -0.2) is 51.0 Å². The quantitative estimate of drug-likeness (QED) is 0.489. The molecule has 1 fully saturated rings. The standard InChI is InChI=1S/C27H32ClN3O5S/c1-36-27(33)21-9-5-8-19(14-21)17-31-13-12-25(30-31)29-26(32)22(15-18-6-3-4-7-18)20-10-11-24(23(28)16-20)37(2,34)35/h5,8-11,14,16,18,22H,3-4,6-7,12-13,15,17H2,1-2H3,(H,29,30,32)/t22-/m1/s1. The number of esters is 1. The Balaban J connectivity index is 1.48. The van der Waals surface area contributed by atoms with Crippen molar-refractivity contribution in [3.8, 4) is 0 Å². The topological polar surface area (TPSA) is 105 Å². The number of rotatable bonds is 8. The smallest absolute Gasteiger partial charge is 0.337 e. The Morgan fingerprint density at radius 2 is 1.95 bits per heavy atom. The number of nitrogens with one attached hydrogen (secondary N) is 1. The van der Waals surface area contributed by atoms with Gasteiger partial charge in [0.15, 0.2) is 9.84 Å². The minimum absolute atomic E-state index is 0.0602. The van der Waals surface area contributed by atoms with Gasteiger partial charge in [0.1, 0.15) is 5.84 Å². The molecular formula is C27H32ClN3O5S. The lowest BCUT2D eigenvalue weighted by molar-refractivity contribution is -0.121. The normalized spacial score (nSPS) is 16.9. The molecule has 2 aromatic rings. The van der Waals surface area contributed by atoms with Gasteiger partial charge < -0.3 is 10.1 Å². The third-order valence-corrected chi connectivity index (χ3v) is 8.55. The second kappa shape index (κ2) is 11.6. The number of benzene rings is 2. The number of methoxy groups -OCH3 is 1. The summed E-state index contributed by atoms with van der Waals surface area (Å²) in [4.78, 5) is 25.4. The SMILES string of the molecule is COC(=O)c1cccc(CN2CCC(NC(=O)[C@H](CC3CCCC3)c3ccc(S(C)(=O)=O)c(Cl)c3)=N2)c1. The summed E-state index contributed by atoms with van der Waals surface area (Å²) in [6, 6.07) is 12.0. The van der Waals surface area contributed by atoms with E-state index in [4.69, 9.17) is 16.3 Å². The summed E-state index contributed by atoms with van der Waals surface area (Å²) in [7, 11) is -2.11. The van der Waals surface area contributed by atoms with Crippen molar-refractivity contribution in [1.29, 1.82) is 0 Å². The third kappa shape index (κ3) is 6.90. The van der Waals surface area contributed by atoms with E-state index in [1.807, 2.05) is 11.1 Å². The molecule has 1 saturated carbocycles. The van der Waals surface area contributed by atoms with Gasteiger partial charge in [-0.25, -0.2) is 13.2 Å². The molecule has 4 rings (SSSR count). The van der Waals surface area contributed by atoms with Crippen LogP contribution in [-0.2, 0) is 25.9 Å². The predicted molar refractivity (Wildman–Crippen MR) is 142 cm³/mol. The zero-order valence-corrected chi connectivity index (χ0v) is 22.6. The minimum Gasteiger partial charge on any atom is -0.465 e. The molecule has 37 heavy (non-hydrogen) atoms. The van der Waals surface area contributed by atoms with Gasteiger partial charge in [0.25, 0.3) is 0 Å². The highest BCUT2D eigenvalue weighted by molar-refractivity contribution is 7.90. The predicted octanol–water partition coefficient (Wildman–Crippen LogP) is 4.53. The van der Waals surface area contributed by atoms with Crippen molar-refractivity contribution < 1.29 is 22.7 Å². The molecular weight excluding hydrogens is 514 g/mol. The van der Waals surface area contributed by atoms with Crippen molar-refractivity contribution in [3.05, 3.63) is 64.2 Å². The van der Waals surface area contributed by atoms with Gasteiger partial charge in [-0.15, -0.1) is 0 Å². The zero-order chi connectivity index (χ0) is 26.6. The second-order valence-electron chi connectivity index (χ2n) is 9.77. The monoisotopic (exact) mass is 545 g/mol. The van der Waals surface area contributed by atoms with Gasteiger partial charge >= 0.3 is 5.97 Å². The summed E-state index contributed by atoms with van der Waals surface area (Å²) in [6.45, 7) is 1.14. The molecule has 1 aliphatic heterocycles. The summed E-state index contributed by atoms with van der Waals surface area (Å²) >= 11 is 6.32. The van der Waals surface area contributed by atoms with Gasteiger partial charge in [0.05, 0.1) is 35.1 Å². The largest absolute Gasteiger partial charge is 0.465 e. The van der Waals surface area contributed by atoms with Gasteiger partial charge in [-0.05, 0) is 47.7 Å². The van der Waals surface area contributed by atoms with Crippen LogP contribution in [0.1, 0.15) is 65.9 Å². The van der Waals surface area contributed by atoms with Crippen LogP contribution >= 0.6 is 11.6 Å². The van der Waals surface area contributed by atoms with Crippen LogP contribution in [0.4, 0.5) is 0 Å². The fourth-order valence-electron chi connectivity index (χ4n) is 5.07. The average molecular weight is 546 g/mol. The van der Waals surface area contributed by atoms with E-state index in [1.54, 1.807) is 30.3 Å². The Morgan fingerprint density at radius 3 is 2.62 bits per heavy atom. The molecule has 0 radical (unpaired) electrons. The van der Waals surface area contributed by atoms with Crippen molar-refractivity contribution in [2.75, 3.05) is 19.9 Å². The number of halogens is 1. The minimum atomic E-state index is -3.46. The van der Waals surface area contributed by atoms with Gasteiger partial charge in [-0.3, -0.25) is 9.80 Å². The van der Waals surface area contributed by atoms with Crippen molar-refractivity contribution in [1.82, 2.24) is 10.3 Å². The number of carbonyl (C=O) groups is 2. The number of hydrazone groups is 1. The molecule has 0 unspecified atom stereocenters. The molecule has 1 atom stereocenters. The number of amidine groups is 1. The number of amides is 1. The molecule has 2 aliphatic rings. The maximum absolute atomic E-state index is 13.5. The lowest BCUT2D eigenvalue weighted by Gasteiger charge is -2.21. The molecule has 2 aromatic carbocycles. The van der Waals surface area contributed by atoms with Crippen LogP contribution in [0, 0.1) is 5.92 Å². The van der Waals surface area contributed by atoms with Crippen LogP contribution in [0.15, 0.2) is 52.5 Å². The zero-order valence-electron chi connectivity index (χ0n) is 21.1. The van der Waals surface area contributed by atoms with Crippen molar-refractivity contribution in [2.24, 2.45) is 11.0 Å². The van der Waals surface area contributed by atoms with E-state index in [1.165, 1.54) is 13.2 Å². The fourth-order valence-corrected chi connectivity index (χ4v) is 6.41. The van der Waals surface area contributed by atoms with Crippen LogP contribution in [0.25, 0.3) is 0 Å². The summed E-state index contributed by atoms with van der Waals surface area (Å²) in [5, 5.41) is 9.57. The molecule has 1 aliphatic carbocycles. The van der Waals surface area contributed by atoms with Gasteiger partial charge in [-0.1, -0.05) is 55.5 Å². The number of carbonyl (C=O) groups excluding carboxylic acids is 2. The maximum Gasteiger partial charge on any atom is 0.337 e. The first-order valence-corrected chi connectivity index (χ1v) is 14.7. The Kier molecular flexibility index (Phi) is 8.54. The molecule has 0 spiro atoms. The van der Waals surface area contributed by atoms with E-state index < -0.39 is 21.7 Å². The van der Waals surface area contributed by atoms with E-state index >= 15 is 0 Å². The molecule has 8 nitrogen and oxygen atoms in total. The first-order valence-electron chi connectivity index (χ1n) is 12.4.